The minimum Gasteiger partial charge on any atom is -0.337 e. The first kappa shape index (κ1) is 17.6. The van der Waals surface area contributed by atoms with Crippen LogP contribution in [0.1, 0.15) is 23.2 Å². The van der Waals surface area contributed by atoms with Crippen molar-refractivity contribution >= 4 is 11.6 Å². The van der Waals surface area contributed by atoms with Crippen molar-refractivity contribution in [3.8, 4) is 0 Å². The molecule has 0 aliphatic rings. The lowest BCUT2D eigenvalue weighted by molar-refractivity contribution is 0.248. The van der Waals surface area contributed by atoms with Crippen LogP contribution in [0.4, 0.5) is 0 Å². The molecule has 3 rings (SSSR count). The average Bonchev–Trinajstić information content (AvgIpc) is 3.20. The number of halogens is 1. The van der Waals surface area contributed by atoms with E-state index in [9.17, 15) is 0 Å². The fraction of sp³-hybridized carbons (Fsp3) is 0.389. The molecule has 25 heavy (non-hydrogen) atoms. The van der Waals surface area contributed by atoms with Crippen LogP contribution < -0.4 is 0 Å². The number of hydrogen-bond acceptors (Lipinski definition) is 4. The van der Waals surface area contributed by atoms with Gasteiger partial charge in [-0.05, 0) is 25.0 Å². The fourth-order valence-corrected chi connectivity index (χ4v) is 3.17. The van der Waals surface area contributed by atoms with Crippen molar-refractivity contribution in [3.05, 3.63) is 65.2 Å². The molecule has 0 aromatic carbocycles. The first-order chi connectivity index (χ1) is 12.1. The van der Waals surface area contributed by atoms with Crippen LogP contribution in [0.25, 0.3) is 0 Å². The van der Waals surface area contributed by atoms with Gasteiger partial charge in [-0.15, -0.1) is 0 Å². The summed E-state index contributed by atoms with van der Waals surface area (Å²) in [5, 5.41) is 5.14. The molecule has 0 unspecified atom stereocenters. The van der Waals surface area contributed by atoms with Crippen molar-refractivity contribution in [1.29, 1.82) is 0 Å². The van der Waals surface area contributed by atoms with Gasteiger partial charge in [0.15, 0.2) is 0 Å². The topological polar surface area (TPSA) is 51.8 Å². The van der Waals surface area contributed by atoms with Gasteiger partial charge in [0.2, 0.25) is 0 Å². The molecular weight excluding hydrogens is 336 g/mol. The summed E-state index contributed by atoms with van der Waals surface area (Å²) in [5.41, 5.74) is 3.27. The summed E-state index contributed by atoms with van der Waals surface area (Å²) in [7, 11) is 1.88. The number of hydrogen-bond donors (Lipinski definition) is 0. The Balaban J connectivity index is 1.69. The van der Waals surface area contributed by atoms with Gasteiger partial charge >= 0.3 is 0 Å². The molecule has 0 amide bonds. The van der Waals surface area contributed by atoms with Crippen molar-refractivity contribution in [2.24, 2.45) is 7.05 Å². The normalized spacial score (nSPS) is 11.4. The lowest BCUT2D eigenvalue weighted by Crippen LogP contribution is -2.25. The zero-order chi connectivity index (χ0) is 17.6. The Labute approximate surface area is 153 Å². The summed E-state index contributed by atoms with van der Waals surface area (Å²) in [5.74, 6) is 0. The summed E-state index contributed by atoms with van der Waals surface area (Å²) in [6.07, 6.45) is 10.4. The van der Waals surface area contributed by atoms with Gasteiger partial charge in [0, 0.05) is 63.6 Å². The maximum atomic E-state index is 6.43. The number of nitrogens with zero attached hydrogens (tertiary/aromatic N) is 6. The maximum Gasteiger partial charge on any atom is 0.131 e. The van der Waals surface area contributed by atoms with E-state index in [1.807, 2.05) is 45.0 Å². The highest BCUT2D eigenvalue weighted by Crippen LogP contribution is 2.21. The molecule has 0 spiro atoms. The Kier molecular flexibility index (Phi) is 5.83. The largest absolute Gasteiger partial charge is 0.337 e. The molecule has 0 atom stereocenters. The first-order valence-electron chi connectivity index (χ1n) is 8.38. The standard InChI is InChI=1S/C18H23ClN6/c1-15-17(18(19)23(2)22-15)13-25(12-16-5-3-6-20-11-16)9-4-8-24-10-7-21-14-24/h3,5-7,10-11,14H,4,8-9,12-13H2,1-2H3. The van der Waals surface area contributed by atoms with Gasteiger partial charge in [-0.25, -0.2) is 4.98 Å². The van der Waals surface area contributed by atoms with E-state index in [0.29, 0.717) is 5.15 Å². The minimum atomic E-state index is 0.711. The monoisotopic (exact) mass is 358 g/mol. The average molecular weight is 359 g/mol. The second kappa shape index (κ2) is 8.27. The van der Waals surface area contributed by atoms with Crippen LogP contribution in [-0.4, -0.2) is 35.8 Å². The van der Waals surface area contributed by atoms with Gasteiger partial charge in [0.1, 0.15) is 5.15 Å². The summed E-state index contributed by atoms with van der Waals surface area (Å²) in [4.78, 5) is 10.7. The van der Waals surface area contributed by atoms with Crippen molar-refractivity contribution in [2.75, 3.05) is 6.54 Å². The zero-order valence-electron chi connectivity index (χ0n) is 14.6. The Morgan fingerprint density at radius 1 is 1.20 bits per heavy atom. The fourth-order valence-electron chi connectivity index (χ4n) is 2.94. The van der Waals surface area contributed by atoms with Crippen LogP contribution in [0.3, 0.4) is 0 Å². The van der Waals surface area contributed by atoms with E-state index in [1.54, 1.807) is 10.9 Å². The quantitative estimate of drug-likeness (QED) is 0.621. The lowest BCUT2D eigenvalue weighted by atomic mass is 10.2. The predicted octanol–water partition coefficient (Wildman–Crippen LogP) is 3.07. The summed E-state index contributed by atoms with van der Waals surface area (Å²) in [6, 6.07) is 4.08. The molecule has 0 aliphatic heterocycles. The van der Waals surface area contributed by atoms with Gasteiger partial charge < -0.3 is 4.57 Å². The number of aromatic nitrogens is 5. The Hall–Kier alpha value is -2.18. The highest BCUT2D eigenvalue weighted by atomic mass is 35.5. The number of pyridine rings is 1. The molecule has 3 aromatic heterocycles. The highest BCUT2D eigenvalue weighted by Gasteiger charge is 2.15. The Morgan fingerprint density at radius 3 is 2.72 bits per heavy atom. The number of imidazole rings is 1. The Bertz CT molecular complexity index is 782. The van der Waals surface area contributed by atoms with Crippen LogP contribution in [0.2, 0.25) is 5.15 Å². The van der Waals surface area contributed by atoms with Crippen LogP contribution in [-0.2, 0) is 26.7 Å². The van der Waals surface area contributed by atoms with Gasteiger partial charge in [-0.3, -0.25) is 14.6 Å². The van der Waals surface area contributed by atoms with E-state index in [-0.39, 0.29) is 0 Å². The third kappa shape index (κ3) is 4.67. The second-order valence-electron chi connectivity index (χ2n) is 6.20. The van der Waals surface area contributed by atoms with Crippen molar-refractivity contribution in [3.63, 3.8) is 0 Å². The molecule has 3 heterocycles. The zero-order valence-corrected chi connectivity index (χ0v) is 15.4. The first-order valence-corrected chi connectivity index (χ1v) is 8.76. The molecule has 0 aliphatic carbocycles. The smallest absolute Gasteiger partial charge is 0.131 e. The predicted molar refractivity (Wildman–Crippen MR) is 98.2 cm³/mol. The van der Waals surface area contributed by atoms with Crippen LogP contribution in [0, 0.1) is 6.92 Å². The number of aryl methyl sites for hydroxylation is 3. The van der Waals surface area contributed by atoms with E-state index >= 15 is 0 Å². The van der Waals surface area contributed by atoms with Crippen LogP contribution in [0.5, 0.6) is 0 Å². The Morgan fingerprint density at radius 2 is 2.08 bits per heavy atom. The van der Waals surface area contributed by atoms with E-state index in [4.69, 9.17) is 11.6 Å². The van der Waals surface area contributed by atoms with Gasteiger partial charge in [-0.1, -0.05) is 17.7 Å². The molecule has 0 saturated heterocycles. The van der Waals surface area contributed by atoms with Crippen LogP contribution >= 0.6 is 11.6 Å². The molecule has 0 radical (unpaired) electrons. The third-order valence-electron chi connectivity index (χ3n) is 4.23. The van der Waals surface area contributed by atoms with Gasteiger partial charge in [0.25, 0.3) is 0 Å². The van der Waals surface area contributed by atoms with E-state index in [1.165, 1.54) is 5.56 Å². The van der Waals surface area contributed by atoms with E-state index < -0.39 is 0 Å². The minimum absolute atomic E-state index is 0.711. The van der Waals surface area contributed by atoms with Gasteiger partial charge in [-0.2, -0.15) is 5.10 Å². The molecule has 7 heteroatoms. The van der Waals surface area contributed by atoms with Crippen molar-refractivity contribution in [2.45, 2.75) is 33.0 Å². The van der Waals surface area contributed by atoms with E-state index in [0.717, 1.165) is 43.9 Å². The van der Waals surface area contributed by atoms with E-state index in [2.05, 4.69) is 30.6 Å². The molecular formula is C18H23ClN6. The molecule has 0 saturated carbocycles. The van der Waals surface area contributed by atoms with Crippen molar-refractivity contribution < 1.29 is 0 Å². The summed E-state index contributed by atoms with van der Waals surface area (Å²) < 4.78 is 3.84. The second-order valence-corrected chi connectivity index (χ2v) is 6.56. The van der Waals surface area contributed by atoms with Crippen LogP contribution in [0.15, 0.2) is 43.2 Å². The maximum absolute atomic E-state index is 6.43. The molecule has 0 fully saturated rings. The molecule has 132 valence electrons. The highest BCUT2D eigenvalue weighted by molar-refractivity contribution is 6.30. The van der Waals surface area contributed by atoms with Crippen molar-refractivity contribution in [1.82, 2.24) is 29.2 Å². The molecule has 0 N–H and O–H groups in total. The number of rotatable bonds is 8. The summed E-state index contributed by atoms with van der Waals surface area (Å²) >= 11 is 6.43. The molecule has 3 aromatic rings. The third-order valence-corrected chi connectivity index (χ3v) is 4.70. The lowest BCUT2D eigenvalue weighted by Gasteiger charge is -2.22. The van der Waals surface area contributed by atoms with Gasteiger partial charge in [0.05, 0.1) is 12.0 Å². The SMILES string of the molecule is Cc1nn(C)c(Cl)c1CN(CCCn1ccnc1)Cc1cccnc1. The summed E-state index contributed by atoms with van der Waals surface area (Å²) in [6.45, 7) is 5.52. The molecule has 0 bridgehead atoms. The molecule has 6 nitrogen and oxygen atoms in total.